The Morgan fingerprint density at radius 2 is 2.13 bits per heavy atom. The van der Waals surface area contributed by atoms with E-state index in [4.69, 9.17) is 15.7 Å². The molecule has 1 fully saturated rings. The van der Waals surface area contributed by atoms with E-state index in [1.54, 1.807) is 18.2 Å². The molecule has 31 heavy (non-hydrogen) atoms. The van der Waals surface area contributed by atoms with Gasteiger partial charge in [-0.3, -0.25) is 9.59 Å². The predicted molar refractivity (Wildman–Crippen MR) is 111 cm³/mol. The summed E-state index contributed by atoms with van der Waals surface area (Å²) in [5.74, 6) is -2.08. The van der Waals surface area contributed by atoms with Crippen molar-refractivity contribution < 1.29 is 24.7 Å². The Kier molecular flexibility index (Phi) is 3.49. The molecule has 1 aromatic carbocycles. The molecule has 1 unspecified atom stereocenters. The minimum atomic E-state index is -3.01. The molecule has 1 saturated heterocycles. The fourth-order valence-electron chi connectivity index (χ4n) is 4.05. The first-order valence-electron chi connectivity index (χ1n) is 11.9. The van der Waals surface area contributed by atoms with E-state index in [0.717, 1.165) is 32.0 Å². The maximum absolute atomic E-state index is 12.7. The number of likely N-dealkylation sites (N-methyl/N-ethyl adjacent to an activating group) is 1. The highest BCUT2D eigenvalue weighted by Gasteiger charge is 2.48. The number of hydrogen-bond acceptors (Lipinski definition) is 6. The molecule has 4 heterocycles. The lowest BCUT2D eigenvalue weighted by Crippen LogP contribution is -2.35. The first-order chi connectivity index (χ1) is 16.4. The van der Waals surface area contributed by atoms with E-state index in [1.165, 1.54) is 6.07 Å². The summed E-state index contributed by atoms with van der Waals surface area (Å²) >= 11 is 0. The third-order valence-electron chi connectivity index (χ3n) is 5.66. The molecule has 2 aliphatic rings. The molecule has 9 heteroatoms. The molecule has 2 aromatic heterocycles. The number of nitrogens with zero attached hydrogens (tertiary/aromatic N) is 4. The average Bonchev–Trinajstić information content (AvgIpc) is 3.50. The number of aliphatic hydroxyl groups is 1. The van der Waals surface area contributed by atoms with Crippen LogP contribution in [0.5, 0.6) is 0 Å². The molecule has 2 aliphatic heterocycles. The van der Waals surface area contributed by atoms with E-state index in [2.05, 4.69) is 10.1 Å². The van der Waals surface area contributed by atoms with Gasteiger partial charge in [0.2, 0.25) is 5.60 Å². The summed E-state index contributed by atoms with van der Waals surface area (Å²) in [7, 11) is 1.07. The van der Waals surface area contributed by atoms with Crippen LogP contribution in [0.15, 0.2) is 34.9 Å². The predicted octanol–water partition coefficient (Wildman–Crippen LogP) is 1.69. The van der Waals surface area contributed by atoms with Gasteiger partial charge in [-0.2, -0.15) is 0 Å². The lowest BCUT2D eigenvalue weighted by molar-refractivity contribution is -0.144. The van der Waals surface area contributed by atoms with E-state index in [1.807, 2.05) is 10.6 Å². The van der Waals surface area contributed by atoms with Crippen LogP contribution in [0.3, 0.4) is 0 Å². The van der Waals surface area contributed by atoms with Crippen LogP contribution in [0, 0.1) is 0 Å². The lowest BCUT2D eigenvalue weighted by atomic mass is 9.97. The second-order valence-corrected chi connectivity index (χ2v) is 7.67. The van der Waals surface area contributed by atoms with Crippen LogP contribution < -0.4 is 5.73 Å². The van der Waals surface area contributed by atoms with Crippen LogP contribution in [-0.2, 0) is 23.4 Å². The molecule has 5 rings (SSSR count). The fraction of sp³-hybridized carbons (Fsp3) is 0.364. The summed E-state index contributed by atoms with van der Waals surface area (Å²) < 4.78 is 39.3. The standard InChI is InChI=1S/C22H23N5O4/c1-26-10-8-22(30,21(26)29)17-12-15(25-31-17)13-5-4-6-14(11-13)18-16-7-2-3-9-27(16)20(24-18)19(23)28/h4-6,11-12,30H,2-3,7-10H2,1H3,(H2,23,28)/i8D2,10D2. The third kappa shape index (κ3) is 3.04. The Hall–Kier alpha value is -3.46. The topological polar surface area (TPSA) is 127 Å². The van der Waals surface area contributed by atoms with Gasteiger partial charge in [-0.1, -0.05) is 23.4 Å². The van der Waals surface area contributed by atoms with Gasteiger partial charge in [0, 0.05) is 54.8 Å². The van der Waals surface area contributed by atoms with Crippen LogP contribution >= 0.6 is 0 Å². The lowest BCUT2D eigenvalue weighted by Gasteiger charge is -2.16. The fourth-order valence-corrected chi connectivity index (χ4v) is 4.05. The van der Waals surface area contributed by atoms with Crippen molar-refractivity contribution in [1.82, 2.24) is 19.6 Å². The Balaban J connectivity index is 1.56. The second-order valence-electron chi connectivity index (χ2n) is 7.67. The van der Waals surface area contributed by atoms with Crippen LogP contribution in [0.4, 0.5) is 0 Å². The molecular formula is C22H23N5O4. The monoisotopic (exact) mass is 425 g/mol. The Morgan fingerprint density at radius 3 is 2.87 bits per heavy atom. The molecule has 0 bridgehead atoms. The van der Waals surface area contributed by atoms with Crippen LogP contribution in [0.2, 0.25) is 0 Å². The number of rotatable bonds is 4. The highest BCUT2D eigenvalue weighted by Crippen LogP contribution is 2.36. The number of hydrogen-bond donors (Lipinski definition) is 2. The van der Waals surface area contributed by atoms with Gasteiger partial charge in [-0.05, 0) is 25.3 Å². The number of benzene rings is 1. The van der Waals surface area contributed by atoms with Crippen LogP contribution in [0.25, 0.3) is 22.5 Å². The zero-order chi connectivity index (χ0) is 25.3. The average molecular weight is 425 g/mol. The number of amides is 2. The number of carbonyl (C=O) groups is 2. The largest absolute Gasteiger partial charge is 0.373 e. The van der Waals surface area contributed by atoms with E-state index in [-0.39, 0.29) is 11.5 Å². The van der Waals surface area contributed by atoms with E-state index < -0.39 is 36.0 Å². The van der Waals surface area contributed by atoms with Crippen molar-refractivity contribution in [3.05, 3.63) is 47.6 Å². The molecular weight excluding hydrogens is 398 g/mol. The van der Waals surface area contributed by atoms with Crippen molar-refractivity contribution in [3.8, 4) is 22.5 Å². The van der Waals surface area contributed by atoms with Crippen molar-refractivity contribution in [2.45, 2.75) is 37.8 Å². The van der Waals surface area contributed by atoms with E-state index in [9.17, 15) is 14.7 Å². The van der Waals surface area contributed by atoms with Crippen molar-refractivity contribution in [3.63, 3.8) is 0 Å². The molecule has 9 nitrogen and oxygen atoms in total. The van der Waals surface area contributed by atoms with Crippen LogP contribution in [-0.4, -0.2) is 50.1 Å². The van der Waals surface area contributed by atoms with Gasteiger partial charge in [0.1, 0.15) is 5.69 Å². The molecule has 3 aromatic rings. The number of nitrogens with two attached hydrogens (primary N) is 1. The quantitative estimate of drug-likeness (QED) is 0.655. The molecule has 0 radical (unpaired) electrons. The van der Waals surface area contributed by atoms with Gasteiger partial charge in [0.25, 0.3) is 11.8 Å². The third-order valence-corrected chi connectivity index (χ3v) is 5.66. The normalized spacial score (nSPS) is 26.0. The van der Waals surface area contributed by atoms with Gasteiger partial charge in [-0.15, -0.1) is 0 Å². The van der Waals surface area contributed by atoms with Gasteiger partial charge in [0.15, 0.2) is 11.6 Å². The van der Waals surface area contributed by atoms with Gasteiger partial charge >= 0.3 is 0 Å². The molecule has 1 atom stereocenters. The Morgan fingerprint density at radius 1 is 1.32 bits per heavy atom. The SMILES string of the molecule is [2H]C1([2H])N(C)C(=O)C(O)(c2cc(-c3cccc(-c4nc(C(N)=O)n5c4CCCC5)c3)no2)C1([2H])[2H]. The molecule has 0 aliphatic carbocycles. The smallest absolute Gasteiger partial charge is 0.284 e. The van der Waals surface area contributed by atoms with Gasteiger partial charge in [0.05, 0.1) is 5.69 Å². The Bertz CT molecular complexity index is 1370. The summed E-state index contributed by atoms with van der Waals surface area (Å²) in [6.45, 7) is -2.12. The molecule has 160 valence electrons. The zero-order valence-electron chi connectivity index (χ0n) is 20.8. The summed E-state index contributed by atoms with van der Waals surface area (Å²) in [6, 6.07) is 8.26. The number of aromatic nitrogens is 3. The molecule has 0 saturated carbocycles. The zero-order valence-corrected chi connectivity index (χ0v) is 16.8. The highest BCUT2D eigenvalue weighted by molar-refractivity contribution is 5.91. The number of likely N-dealkylation sites (tertiary alicyclic amines) is 1. The van der Waals surface area contributed by atoms with E-state index in [0.29, 0.717) is 28.3 Å². The maximum Gasteiger partial charge on any atom is 0.284 e. The number of fused-ring (bicyclic) bond motifs is 1. The summed E-state index contributed by atoms with van der Waals surface area (Å²) in [6.07, 6.45) is -0.383. The first-order valence-corrected chi connectivity index (χ1v) is 9.89. The molecule has 3 N–H and O–H groups in total. The van der Waals surface area contributed by atoms with Gasteiger partial charge < -0.3 is 24.8 Å². The number of imidazole rings is 1. The Labute approximate surface area is 184 Å². The number of primary amides is 1. The molecule has 0 spiro atoms. The van der Waals surface area contributed by atoms with Crippen LogP contribution in [0.1, 0.15) is 46.8 Å². The highest BCUT2D eigenvalue weighted by atomic mass is 16.5. The maximum atomic E-state index is 12.7. The van der Waals surface area contributed by atoms with Crippen molar-refractivity contribution in [2.24, 2.45) is 5.73 Å². The van der Waals surface area contributed by atoms with Crippen molar-refractivity contribution in [2.75, 3.05) is 13.5 Å². The number of carbonyl (C=O) groups excluding carboxylic acids is 2. The van der Waals surface area contributed by atoms with Crippen molar-refractivity contribution >= 4 is 11.8 Å². The van der Waals surface area contributed by atoms with Gasteiger partial charge in [-0.25, -0.2) is 4.98 Å². The second kappa shape index (κ2) is 7.05. The molecule has 2 amide bonds. The van der Waals surface area contributed by atoms with Crippen molar-refractivity contribution in [1.29, 1.82) is 0 Å². The first kappa shape index (κ1) is 15.4. The minimum absolute atomic E-state index is 0.200. The summed E-state index contributed by atoms with van der Waals surface area (Å²) in [5.41, 5.74) is 5.61. The minimum Gasteiger partial charge on any atom is -0.373 e. The summed E-state index contributed by atoms with van der Waals surface area (Å²) in [4.78, 5) is 29.6. The van der Waals surface area contributed by atoms with E-state index >= 15 is 0 Å². The summed E-state index contributed by atoms with van der Waals surface area (Å²) in [5, 5.41) is 15.0.